The summed E-state index contributed by atoms with van der Waals surface area (Å²) in [5.74, 6) is 0.998. The van der Waals surface area contributed by atoms with E-state index in [2.05, 4.69) is 40.7 Å². The van der Waals surface area contributed by atoms with Gasteiger partial charge in [-0.05, 0) is 20.0 Å². The first kappa shape index (κ1) is 13.0. The molecular weight excluding hydrogens is 200 g/mol. The monoisotopic (exact) mass is 224 g/mol. The summed E-state index contributed by atoms with van der Waals surface area (Å²) < 4.78 is 2.19. The molecule has 0 aliphatic carbocycles. The van der Waals surface area contributed by atoms with Crippen LogP contribution in [-0.2, 0) is 6.54 Å². The zero-order chi connectivity index (χ0) is 11.8. The summed E-state index contributed by atoms with van der Waals surface area (Å²) in [6.45, 7) is 8.53. The number of anilines is 1. The highest BCUT2D eigenvalue weighted by molar-refractivity contribution is 5.25. The maximum Gasteiger partial charge on any atom is 0.202 e. The molecular formula is C12H24N4. The second-order valence-electron chi connectivity index (χ2n) is 4.12. The van der Waals surface area contributed by atoms with Crippen LogP contribution in [0.5, 0.6) is 0 Å². The Kier molecular flexibility index (Phi) is 5.93. The van der Waals surface area contributed by atoms with Gasteiger partial charge in [-0.2, -0.15) is 0 Å². The molecule has 0 unspecified atom stereocenters. The van der Waals surface area contributed by atoms with Crippen LogP contribution in [0.4, 0.5) is 5.95 Å². The molecule has 92 valence electrons. The van der Waals surface area contributed by atoms with Crippen molar-refractivity contribution in [2.24, 2.45) is 0 Å². The fraction of sp³-hybridized carbons (Fsp3) is 0.750. The van der Waals surface area contributed by atoms with E-state index >= 15 is 0 Å². The van der Waals surface area contributed by atoms with E-state index in [1.165, 1.54) is 12.8 Å². The Labute approximate surface area is 98.7 Å². The first-order chi connectivity index (χ1) is 7.77. The Bertz CT molecular complexity index is 282. The van der Waals surface area contributed by atoms with E-state index in [-0.39, 0.29) is 0 Å². The van der Waals surface area contributed by atoms with Gasteiger partial charge in [0.25, 0.3) is 0 Å². The second-order valence-corrected chi connectivity index (χ2v) is 4.12. The number of nitrogens with one attached hydrogen (secondary N) is 1. The first-order valence-corrected chi connectivity index (χ1v) is 6.21. The molecule has 4 heteroatoms. The van der Waals surface area contributed by atoms with Crippen LogP contribution in [0.15, 0.2) is 12.4 Å². The van der Waals surface area contributed by atoms with Crippen LogP contribution in [0.2, 0.25) is 0 Å². The average Bonchev–Trinajstić information content (AvgIpc) is 2.73. The van der Waals surface area contributed by atoms with E-state index in [0.717, 1.165) is 32.1 Å². The quantitative estimate of drug-likeness (QED) is 0.733. The number of aryl methyl sites for hydroxylation is 1. The van der Waals surface area contributed by atoms with Gasteiger partial charge in [0.05, 0.1) is 0 Å². The molecule has 0 saturated heterocycles. The van der Waals surface area contributed by atoms with Gasteiger partial charge in [-0.3, -0.25) is 0 Å². The third-order valence-electron chi connectivity index (χ3n) is 2.78. The summed E-state index contributed by atoms with van der Waals surface area (Å²) in [6, 6.07) is 0. The number of likely N-dealkylation sites (N-methyl/N-ethyl adjacent to an activating group) is 1. The minimum absolute atomic E-state index is 0.952. The Balaban J connectivity index is 2.32. The first-order valence-electron chi connectivity index (χ1n) is 6.21. The molecule has 4 nitrogen and oxygen atoms in total. The maximum atomic E-state index is 4.33. The van der Waals surface area contributed by atoms with Crippen LogP contribution in [0.3, 0.4) is 0 Å². The molecule has 0 aliphatic rings. The molecule has 0 aromatic carbocycles. The van der Waals surface area contributed by atoms with Crippen LogP contribution < -0.4 is 5.32 Å². The number of hydrogen-bond donors (Lipinski definition) is 1. The SMILES string of the molecule is CCCCn1ccnc1NCCN(C)CC. The fourth-order valence-corrected chi connectivity index (χ4v) is 1.50. The van der Waals surface area contributed by atoms with Crippen LogP contribution in [-0.4, -0.2) is 41.1 Å². The van der Waals surface area contributed by atoms with Crippen LogP contribution in [0.1, 0.15) is 26.7 Å². The Morgan fingerprint density at radius 3 is 2.94 bits per heavy atom. The zero-order valence-electron chi connectivity index (χ0n) is 10.7. The van der Waals surface area contributed by atoms with Crippen molar-refractivity contribution in [1.82, 2.24) is 14.5 Å². The summed E-state index contributed by atoms with van der Waals surface area (Å²) >= 11 is 0. The molecule has 0 fully saturated rings. The number of rotatable bonds is 8. The molecule has 0 saturated carbocycles. The summed E-state index contributed by atoms with van der Waals surface area (Å²) in [4.78, 5) is 6.61. The third kappa shape index (κ3) is 4.23. The molecule has 1 N–H and O–H groups in total. The highest BCUT2D eigenvalue weighted by Gasteiger charge is 2.01. The lowest BCUT2D eigenvalue weighted by Gasteiger charge is -2.15. The second kappa shape index (κ2) is 7.28. The Morgan fingerprint density at radius 2 is 2.25 bits per heavy atom. The number of hydrogen-bond acceptors (Lipinski definition) is 3. The van der Waals surface area contributed by atoms with Crippen molar-refractivity contribution in [2.75, 3.05) is 32.0 Å². The van der Waals surface area contributed by atoms with Crippen LogP contribution in [0.25, 0.3) is 0 Å². The van der Waals surface area contributed by atoms with Crippen LogP contribution >= 0.6 is 0 Å². The lowest BCUT2D eigenvalue weighted by atomic mass is 10.3. The van der Waals surface area contributed by atoms with E-state index in [0.29, 0.717) is 0 Å². The van der Waals surface area contributed by atoms with Crippen molar-refractivity contribution in [3.8, 4) is 0 Å². The Morgan fingerprint density at radius 1 is 1.44 bits per heavy atom. The Hall–Kier alpha value is -1.03. The number of aromatic nitrogens is 2. The molecule has 0 amide bonds. The van der Waals surface area contributed by atoms with Crippen LogP contribution in [0, 0.1) is 0 Å². The van der Waals surface area contributed by atoms with Crippen molar-refractivity contribution < 1.29 is 0 Å². The smallest absolute Gasteiger partial charge is 0.202 e. The number of nitrogens with zero attached hydrogens (tertiary/aromatic N) is 3. The van der Waals surface area contributed by atoms with Gasteiger partial charge in [0, 0.05) is 32.0 Å². The van der Waals surface area contributed by atoms with E-state index in [9.17, 15) is 0 Å². The van der Waals surface area contributed by atoms with Gasteiger partial charge in [0.1, 0.15) is 0 Å². The molecule has 0 spiro atoms. The van der Waals surface area contributed by atoms with Gasteiger partial charge in [-0.1, -0.05) is 20.3 Å². The van der Waals surface area contributed by atoms with Gasteiger partial charge in [-0.25, -0.2) is 4.98 Å². The van der Waals surface area contributed by atoms with Gasteiger partial charge in [0.15, 0.2) is 0 Å². The highest BCUT2D eigenvalue weighted by atomic mass is 15.2. The highest BCUT2D eigenvalue weighted by Crippen LogP contribution is 2.05. The van der Waals surface area contributed by atoms with Gasteiger partial charge in [0.2, 0.25) is 5.95 Å². The molecule has 1 rings (SSSR count). The van der Waals surface area contributed by atoms with Gasteiger partial charge < -0.3 is 14.8 Å². The summed E-state index contributed by atoms with van der Waals surface area (Å²) in [5, 5.41) is 3.38. The predicted octanol–water partition coefficient (Wildman–Crippen LogP) is 2.05. The molecule has 1 heterocycles. The van der Waals surface area contributed by atoms with Crippen molar-refractivity contribution >= 4 is 5.95 Å². The normalized spacial score (nSPS) is 11.0. The maximum absolute atomic E-state index is 4.33. The third-order valence-corrected chi connectivity index (χ3v) is 2.78. The molecule has 1 aromatic heterocycles. The molecule has 1 aromatic rings. The van der Waals surface area contributed by atoms with Crippen molar-refractivity contribution in [1.29, 1.82) is 0 Å². The molecule has 0 radical (unpaired) electrons. The number of unbranched alkanes of at least 4 members (excludes halogenated alkanes) is 1. The summed E-state index contributed by atoms with van der Waals surface area (Å²) in [6.07, 6.45) is 6.33. The van der Waals surface area contributed by atoms with Gasteiger partial charge in [-0.15, -0.1) is 0 Å². The van der Waals surface area contributed by atoms with Crippen molar-refractivity contribution in [3.05, 3.63) is 12.4 Å². The van der Waals surface area contributed by atoms with E-state index in [4.69, 9.17) is 0 Å². The molecule has 0 atom stereocenters. The molecule has 0 bridgehead atoms. The minimum atomic E-state index is 0.952. The number of imidazole rings is 1. The lowest BCUT2D eigenvalue weighted by Crippen LogP contribution is -2.25. The van der Waals surface area contributed by atoms with E-state index in [1.807, 2.05) is 12.4 Å². The fourth-order valence-electron chi connectivity index (χ4n) is 1.50. The lowest BCUT2D eigenvalue weighted by molar-refractivity contribution is 0.366. The van der Waals surface area contributed by atoms with Gasteiger partial charge >= 0.3 is 0 Å². The topological polar surface area (TPSA) is 33.1 Å². The standard InChI is InChI=1S/C12H24N4/c1-4-6-9-16-11-8-14-12(16)13-7-10-15(3)5-2/h8,11H,4-7,9-10H2,1-3H3,(H,13,14). The van der Waals surface area contributed by atoms with Crippen molar-refractivity contribution in [3.63, 3.8) is 0 Å². The molecule has 0 aliphatic heterocycles. The summed E-state index contributed by atoms with van der Waals surface area (Å²) in [7, 11) is 2.13. The summed E-state index contributed by atoms with van der Waals surface area (Å²) in [5.41, 5.74) is 0. The molecule has 16 heavy (non-hydrogen) atoms. The van der Waals surface area contributed by atoms with Crippen molar-refractivity contribution in [2.45, 2.75) is 33.2 Å². The average molecular weight is 224 g/mol. The zero-order valence-corrected chi connectivity index (χ0v) is 10.7. The largest absolute Gasteiger partial charge is 0.354 e. The van der Waals surface area contributed by atoms with E-state index < -0.39 is 0 Å². The minimum Gasteiger partial charge on any atom is -0.354 e. The van der Waals surface area contributed by atoms with E-state index in [1.54, 1.807) is 0 Å². The predicted molar refractivity (Wildman–Crippen MR) is 68.8 cm³/mol.